The second-order valence-electron chi connectivity index (χ2n) is 3.97. The number of fused-ring (bicyclic) bond motifs is 1. The van der Waals surface area contributed by atoms with Crippen LogP contribution in [0.2, 0.25) is 0 Å². The molecule has 0 aromatic heterocycles. The van der Waals surface area contributed by atoms with E-state index in [1.165, 1.54) is 41.7 Å². The third-order valence-corrected chi connectivity index (χ3v) is 2.81. The lowest BCUT2D eigenvalue weighted by atomic mass is 9.99. The summed E-state index contributed by atoms with van der Waals surface area (Å²) in [7, 11) is 0. The van der Waals surface area contributed by atoms with E-state index in [1.54, 1.807) is 0 Å². The Labute approximate surface area is 86.2 Å². The molecule has 1 heterocycles. The van der Waals surface area contributed by atoms with Crippen molar-refractivity contribution in [3.63, 3.8) is 0 Å². The summed E-state index contributed by atoms with van der Waals surface area (Å²) >= 11 is 0. The molecule has 2 rings (SSSR count). The van der Waals surface area contributed by atoms with E-state index in [0.717, 1.165) is 13.0 Å². The van der Waals surface area contributed by atoms with E-state index in [2.05, 4.69) is 26.0 Å². The van der Waals surface area contributed by atoms with E-state index in [9.17, 15) is 0 Å². The van der Waals surface area contributed by atoms with Crippen LogP contribution in [-0.2, 0) is 4.74 Å². The zero-order chi connectivity index (χ0) is 9.97. The van der Waals surface area contributed by atoms with Gasteiger partial charge < -0.3 is 4.74 Å². The molecular formula is C13H18O. The predicted octanol–water partition coefficient (Wildman–Crippen LogP) is 3.74. The third kappa shape index (κ3) is 1.52. The van der Waals surface area contributed by atoms with Crippen LogP contribution in [0.15, 0.2) is 34.6 Å². The fourth-order valence-electron chi connectivity index (χ4n) is 2.19. The van der Waals surface area contributed by atoms with Crippen molar-refractivity contribution in [2.24, 2.45) is 0 Å². The maximum absolute atomic E-state index is 5.71. The topological polar surface area (TPSA) is 9.23 Å². The van der Waals surface area contributed by atoms with Crippen molar-refractivity contribution in [1.82, 2.24) is 0 Å². The van der Waals surface area contributed by atoms with Crippen LogP contribution in [0.4, 0.5) is 0 Å². The van der Waals surface area contributed by atoms with Crippen molar-refractivity contribution < 1.29 is 4.74 Å². The van der Waals surface area contributed by atoms with Crippen molar-refractivity contribution in [3.8, 4) is 0 Å². The smallest absolute Gasteiger partial charge is 0.114 e. The first-order valence-corrected chi connectivity index (χ1v) is 5.63. The second kappa shape index (κ2) is 4.04. The second-order valence-corrected chi connectivity index (χ2v) is 3.97. The maximum atomic E-state index is 5.71. The lowest BCUT2D eigenvalue weighted by Crippen LogP contribution is -1.89. The minimum Gasteiger partial charge on any atom is -0.493 e. The van der Waals surface area contributed by atoms with Crippen molar-refractivity contribution in [2.75, 3.05) is 6.61 Å². The molecule has 0 radical (unpaired) electrons. The van der Waals surface area contributed by atoms with Gasteiger partial charge in [-0.05, 0) is 18.4 Å². The average molecular weight is 190 g/mol. The molecule has 76 valence electrons. The van der Waals surface area contributed by atoms with Crippen LogP contribution in [0.25, 0.3) is 0 Å². The van der Waals surface area contributed by atoms with Gasteiger partial charge in [0.1, 0.15) is 12.4 Å². The summed E-state index contributed by atoms with van der Waals surface area (Å²) < 4.78 is 5.71. The van der Waals surface area contributed by atoms with Crippen molar-refractivity contribution >= 4 is 0 Å². The molecule has 0 atom stereocenters. The van der Waals surface area contributed by atoms with Gasteiger partial charge in [-0.15, -0.1) is 0 Å². The normalized spacial score (nSPS) is 19.3. The van der Waals surface area contributed by atoms with Gasteiger partial charge in [0.05, 0.1) is 0 Å². The van der Waals surface area contributed by atoms with E-state index in [0.29, 0.717) is 0 Å². The molecule has 0 unspecified atom stereocenters. The van der Waals surface area contributed by atoms with Gasteiger partial charge >= 0.3 is 0 Å². The molecule has 0 aromatic carbocycles. The van der Waals surface area contributed by atoms with Crippen LogP contribution >= 0.6 is 0 Å². The fraction of sp³-hybridized carbons (Fsp3) is 0.538. The number of hydrogen-bond acceptors (Lipinski definition) is 1. The molecular weight excluding hydrogens is 172 g/mol. The van der Waals surface area contributed by atoms with E-state index in [1.807, 2.05) is 0 Å². The lowest BCUT2D eigenvalue weighted by Gasteiger charge is -2.06. The molecule has 0 saturated heterocycles. The summed E-state index contributed by atoms with van der Waals surface area (Å²) in [5.74, 6) is 1.23. The SMILES string of the molecule is CCCC1=CC=C2COC(CCC)=C12. The number of allylic oxidation sites excluding steroid dienone is 4. The molecule has 1 nitrogen and oxygen atoms in total. The van der Waals surface area contributed by atoms with Crippen LogP contribution in [0.5, 0.6) is 0 Å². The van der Waals surface area contributed by atoms with Gasteiger partial charge in [0.2, 0.25) is 0 Å². The summed E-state index contributed by atoms with van der Waals surface area (Å²) in [6, 6.07) is 0. The number of hydrogen-bond donors (Lipinski definition) is 0. The molecule has 0 N–H and O–H groups in total. The minimum absolute atomic E-state index is 0.800. The molecule has 0 amide bonds. The summed E-state index contributed by atoms with van der Waals surface area (Å²) in [6.07, 6.45) is 9.16. The predicted molar refractivity (Wildman–Crippen MR) is 59.0 cm³/mol. The van der Waals surface area contributed by atoms with Crippen molar-refractivity contribution in [1.29, 1.82) is 0 Å². The van der Waals surface area contributed by atoms with Crippen molar-refractivity contribution in [2.45, 2.75) is 39.5 Å². The van der Waals surface area contributed by atoms with Crippen molar-refractivity contribution in [3.05, 3.63) is 34.6 Å². The molecule has 0 fully saturated rings. The van der Waals surface area contributed by atoms with Gasteiger partial charge in [-0.1, -0.05) is 32.4 Å². The Morgan fingerprint density at radius 3 is 2.64 bits per heavy atom. The van der Waals surface area contributed by atoms with Crippen LogP contribution in [0.1, 0.15) is 39.5 Å². The van der Waals surface area contributed by atoms with Crippen LogP contribution in [0, 0.1) is 0 Å². The van der Waals surface area contributed by atoms with Gasteiger partial charge in [0, 0.05) is 17.6 Å². The first-order chi connectivity index (χ1) is 6.86. The zero-order valence-corrected chi connectivity index (χ0v) is 9.10. The van der Waals surface area contributed by atoms with E-state index < -0.39 is 0 Å². The molecule has 14 heavy (non-hydrogen) atoms. The van der Waals surface area contributed by atoms with Gasteiger partial charge in [-0.3, -0.25) is 0 Å². The molecule has 1 aliphatic heterocycles. The van der Waals surface area contributed by atoms with E-state index in [-0.39, 0.29) is 0 Å². The average Bonchev–Trinajstić information content (AvgIpc) is 2.72. The molecule has 2 aliphatic rings. The Morgan fingerprint density at radius 2 is 1.93 bits per heavy atom. The Bertz CT molecular complexity index is 318. The summed E-state index contributed by atoms with van der Waals surface area (Å²) in [4.78, 5) is 0. The summed E-state index contributed by atoms with van der Waals surface area (Å²) in [5, 5.41) is 0. The van der Waals surface area contributed by atoms with Crippen LogP contribution in [-0.4, -0.2) is 6.61 Å². The number of ether oxygens (including phenoxy) is 1. The fourth-order valence-corrected chi connectivity index (χ4v) is 2.19. The molecule has 0 bridgehead atoms. The first kappa shape index (κ1) is 9.57. The Balaban J connectivity index is 2.22. The monoisotopic (exact) mass is 190 g/mol. The molecule has 0 spiro atoms. The Morgan fingerprint density at radius 1 is 1.14 bits per heavy atom. The number of rotatable bonds is 4. The Kier molecular flexibility index (Phi) is 2.76. The van der Waals surface area contributed by atoms with Gasteiger partial charge in [-0.2, -0.15) is 0 Å². The Hall–Kier alpha value is -0.980. The van der Waals surface area contributed by atoms with Crippen LogP contribution < -0.4 is 0 Å². The van der Waals surface area contributed by atoms with Gasteiger partial charge in [0.15, 0.2) is 0 Å². The molecule has 0 saturated carbocycles. The molecule has 1 aliphatic carbocycles. The zero-order valence-electron chi connectivity index (χ0n) is 9.10. The lowest BCUT2D eigenvalue weighted by molar-refractivity contribution is 0.248. The first-order valence-electron chi connectivity index (χ1n) is 5.63. The van der Waals surface area contributed by atoms with Crippen LogP contribution in [0.3, 0.4) is 0 Å². The van der Waals surface area contributed by atoms with E-state index in [4.69, 9.17) is 4.74 Å². The minimum atomic E-state index is 0.800. The molecule has 1 heteroatoms. The quantitative estimate of drug-likeness (QED) is 0.656. The largest absolute Gasteiger partial charge is 0.493 e. The highest BCUT2D eigenvalue weighted by atomic mass is 16.5. The summed E-state index contributed by atoms with van der Waals surface area (Å²) in [6.45, 7) is 5.24. The molecule has 0 aromatic rings. The summed E-state index contributed by atoms with van der Waals surface area (Å²) in [5.41, 5.74) is 4.33. The van der Waals surface area contributed by atoms with Gasteiger partial charge in [-0.25, -0.2) is 0 Å². The maximum Gasteiger partial charge on any atom is 0.114 e. The van der Waals surface area contributed by atoms with E-state index >= 15 is 0 Å². The highest BCUT2D eigenvalue weighted by Crippen LogP contribution is 2.38. The highest BCUT2D eigenvalue weighted by molar-refractivity contribution is 5.58. The third-order valence-electron chi connectivity index (χ3n) is 2.81. The van der Waals surface area contributed by atoms with Gasteiger partial charge in [0.25, 0.3) is 0 Å². The highest BCUT2D eigenvalue weighted by Gasteiger charge is 2.25. The standard InChI is InChI=1S/C13H18O/c1-3-5-10-7-8-11-9-14-12(6-4-2)13(10)11/h7-8H,3-6,9H2,1-2H3.